The second-order valence-corrected chi connectivity index (χ2v) is 13.7. The highest BCUT2D eigenvalue weighted by atomic mass is 14.2. The molecular formula is C52H34. The van der Waals surface area contributed by atoms with Crippen LogP contribution in [0, 0.1) is 0 Å². The van der Waals surface area contributed by atoms with E-state index in [-0.39, 0.29) is 0 Å². The molecule has 10 aromatic rings. The Morgan fingerprint density at radius 3 is 1.50 bits per heavy atom. The zero-order valence-electron chi connectivity index (χ0n) is 28.6. The van der Waals surface area contributed by atoms with Gasteiger partial charge < -0.3 is 0 Å². The maximum absolute atomic E-state index is 2.42. The molecule has 10 aromatic carbocycles. The van der Waals surface area contributed by atoms with Gasteiger partial charge in [-0.25, -0.2) is 0 Å². The Morgan fingerprint density at radius 2 is 0.692 bits per heavy atom. The van der Waals surface area contributed by atoms with Gasteiger partial charge in [0, 0.05) is 0 Å². The predicted molar refractivity (Wildman–Crippen MR) is 224 cm³/mol. The van der Waals surface area contributed by atoms with E-state index in [1.54, 1.807) is 0 Å². The molecule has 0 radical (unpaired) electrons. The molecule has 0 amide bonds. The van der Waals surface area contributed by atoms with Crippen LogP contribution < -0.4 is 0 Å². The van der Waals surface area contributed by atoms with Gasteiger partial charge in [-0.05, 0) is 117 Å². The second-order valence-electron chi connectivity index (χ2n) is 13.7. The van der Waals surface area contributed by atoms with E-state index < -0.39 is 0 Å². The summed E-state index contributed by atoms with van der Waals surface area (Å²) in [6.07, 6.45) is 0. The fourth-order valence-electron chi connectivity index (χ4n) is 8.13. The Morgan fingerprint density at radius 1 is 0.192 bits per heavy atom. The zero-order valence-corrected chi connectivity index (χ0v) is 28.6. The maximum Gasteiger partial charge on any atom is -0.00259 e. The van der Waals surface area contributed by atoms with Crippen molar-refractivity contribution >= 4 is 43.1 Å². The highest BCUT2D eigenvalue weighted by molar-refractivity contribution is 6.22. The summed E-state index contributed by atoms with van der Waals surface area (Å²) < 4.78 is 0. The van der Waals surface area contributed by atoms with Crippen LogP contribution in [0.15, 0.2) is 206 Å². The summed E-state index contributed by atoms with van der Waals surface area (Å²) in [5.74, 6) is 0. The van der Waals surface area contributed by atoms with Gasteiger partial charge in [0.05, 0.1) is 0 Å². The van der Waals surface area contributed by atoms with Crippen molar-refractivity contribution in [3.05, 3.63) is 206 Å². The van der Waals surface area contributed by atoms with Crippen molar-refractivity contribution in [3.63, 3.8) is 0 Å². The molecule has 0 atom stereocenters. The monoisotopic (exact) mass is 658 g/mol. The smallest absolute Gasteiger partial charge is 0.00259 e. The molecule has 10 rings (SSSR count). The van der Waals surface area contributed by atoms with Gasteiger partial charge in [-0.1, -0.05) is 188 Å². The van der Waals surface area contributed by atoms with Crippen molar-refractivity contribution in [1.82, 2.24) is 0 Å². The lowest BCUT2D eigenvalue weighted by Crippen LogP contribution is -1.92. The Kier molecular flexibility index (Phi) is 7.25. The minimum Gasteiger partial charge on any atom is -0.0622 e. The van der Waals surface area contributed by atoms with E-state index in [0.717, 1.165) is 0 Å². The molecule has 0 aliphatic rings. The van der Waals surface area contributed by atoms with Gasteiger partial charge in [-0.2, -0.15) is 0 Å². The van der Waals surface area contributed by atoms with E-state index in [4.69, 9.17) is 0 Å². The molecule has 0 aliphatic heterocycles. The van der Waals surface area contributed by atoms with Crippen LogP contribution in [0.4, 0.5) is 0 Å². The highest BCUT2D eigenvalue weighted by Gasteiger charge is 2.18. The third-order valence-corrected chi connectivity index (χ3v) is 10.6. The lowest BCUT2D eigenvalue weighted by Gasteiger charge is -2.19. The van der Waals surface area contributed by atoms with Gasteiger partial charge in [0.15, 0.2) is 0 Å². The summed E-state index contributed by atoms with van der Waals surface area (Å²) in [6.45, 7) is 0. The third-order valence-electron chi connectivity index (χ3n) is 10.6. The molecule has 0 spiro atoms. The van der Waals surface area contributed by atoms with Crippen LogP contribution in [0.5, 0.6) is 0 Å². The summed E-state index contributed by atoms with van der Waals surface area (Å²) >= 11 is 0. The first-order valence-electron chi connectivity index (χ1n) is 18.0. The quantitative estimate of drug-likeness (QED) is 0.161. The van der Waals surface area contributed by atoms with Crippen molar-refractivity contribution in [2.75, 3.05) is 0 Å². The van der Waals surface area contributed by atoms with E-state index in [1.807, 2.05) is 0 Å². The lowest BCUT2D eigenvalue weighted by molar-refractivity contribution is 1.60. The van der Waals surface area contributed by atoms with Crippen molar-refractivity contribution in [1.29, 1.82) is 0 Å². The summed E-state index contributed by atoms with van der Waals surface area (Å²) in [5.41, 5.74) is 12.3. The van der Waals surface area contributed by atoms with Crippen LogP contribution in [0.3, 0.4) is 0 Å². The molecule has 0 aromatic heterocycles. The summed E-state index contributed by atoms with van der Waals surface area (Å²) in [7, 11) is 0. The zero-order chi connectivity index (χ0) is 34.4. The average molecular weight is 659 g/mol. The van der Waals surface area contributed by atoms with E-state index in [0.29, 0.717) is 0 Å². The second kappa shape index (κ2) is 12.5. The largest absolute Gasteiger partial charge is 0.0622 e. The minimum atomic E-state index is 1.21. The molecule has 0 nitrogen and oxygen atoms in total. The minimum absolute atomic E-state index is 1.21. The molecule has 0 unspecified atom stereocenters. The van der Waals surface area contributed by atoms with Crippen LogP contribution >= 0.6 is 0 Å². The fraction of sp³-hybridized carbons (Fsp3) is 0. The van der Waals surface area contributed by atoms with Gasteiger partial charge >= 0.3 is 0 Å². The molecule has 0 saturated heterocycles. The number of benzene rings is 10. The number of fused-ring (bicyclic) bond motifs is 4. The van der Waals surface area contributed by atoms with E-state index in [9.17, 15) is 0 Å². The predicted octanol–water partition coefficient (Wildman–Crippen LogP) is 14.6. The van der Waals surface area contributed by atoms with Crippen molar-refractivity contribution < 1.29 is 0 Å². The van der Waals surface area contributed by atoms with Crippen molar-refractivity contribution in [3.8, 4) is 55.6 Å². The summed E-state index contributed by atoms with van der Waals surface area (Å²) in [6, 6.07) is 75.6. The Labute approximate surface area is 303 Å². The molecule has 52 heavy (non-hydrogen) atoms. The third kappa shape index (κ3) is 5.16. The maximum atomic E-state index is 2.42. The topological polar surface area (TPSA) is 0 Å². The SMILES string of the molecule is c1ccc(-c2cccc(-c3c4ccccc4c(-c4ccc(-c5cccc6ccccc56)cc4)c4ccc(-c5ccc6ccccc6c5)cc34)c2)cc1. The molecule has 0 aliphatic carbocycles. The lowest BCUT2D eigenvalue weighted by atomic mass is 9.84. The van der Waals surface area contributed by atoms with E-state index >= 15 is 0 Å². The van der Waals surface area contributed by atoms with Gasteiger partial charge in [0.25, 0.3) is 0 Å². The number of rotatable bonds is 5. The standard InChI is InChI=1S/C52H34/c1-2-12-35(13-3-1)41-18-10-19-44(33-41)52-48-22-9-8-21-47(48)51(39-27-25-38(26-28-39)46-23-11-17-37-15-6-7-20-45(37)46)49-31-30-43(34-50(49)52)42-29-24-36-14-4-5-16-40(36)32-42/h1-34H. The van der Waals surface area contributed by atoms with Crippen LogP contribution in [-0.2, 0) is 0 Å². The summed E-state index contributed by atoms with van der Waals surface area (Å²) in [5, 5.41) is 10.1. The molecule has 0 heterocycles. The normalized spacial score (nSPS) is 11.5. The first-order chi connectivity index (χ1) is 25.8. The molecular weight excluding hydrogens is 625 g/mol. The van der Waals surface area contributed by atoms with Gasteiger partial charge in [0.1, 0.15) is 0 Å². The Balaban J connectivity index is 1.22. The van der Waals surface area contributed by atoms with E-state index in [2.05, 4.69) is 206 Å². The van der Waals surface area contributed by atoms with Crippen LogP contribution in [-0.4, -0.2) is 0 Å². The van der Waals surface area contributed by atoms with Crippen LogP contribution in [0.2, 0.25) is 0 Å². The number of hydrogen-bond acceptors (Lipinski definition) is 0. The molecule has 0 saturated carbocycles. The van der Waals surface area contributed by atoms with Gasteiger partial charge in [-0.3, -0.25) is 0 Å². The van der Waals surface area contributed by atoms with E-state index in [1.165, 1.54) is 98.7 Å². The molecule has 0 fully saturated rings. The van der Waals surface area contributed by atoms with Crippen molar-refractivity contribution in [2.45, 2.75) is 0 Å². The Hall–Kier alpha value is -6.76. The first-order valence-corrected chi connectivity index (χ1v) is 18.0. The van der Waals surface area contributed by atoms with Crippen molar-refractivity contribution in [2.24, 2.45) is 0 Å². The first kappa shape index (κ1) is 30.1. The van der Waals surface area contributed by atoms with Crippen LogP contribution in [0.25, 0.3) is 98.7 Å². The molecule has 0 heteroatoms. The van der Waals surface area contributed by atoms with Gasteiger partial charge in [0.2, 0.25) is 0 Å². The molecule has 0 N–H and O–H groups in total. The highest BCUT2D eigenvalue weighted by Crippen LogP contribution is 2.46. The average Bonchev–Trinajstić information content (AvgIpc) is 3.22. The molecule has 0 bridgehead atoms. The Bertz CT molecular complexity index is 2930. The summed E-state index contributed by atoms with van der Waals surface area (Å²) in [4.78, 5) is 0. The fourth-order valence-corrected chi connectivity index (χ4v) is 8.13. The number of hydrogen-bond donors (Lipinski definition) is 0. The van der Waals surface area contributed by atoms with Gasteiger partial charge in [-0.15, -0.1) is 0 Å². The van der Waals surface area contributed by atoms with Crippen LogP contribution in [0.1, 0.15) is 0 Å². The molecule has 242 valence electrons.